The molecule has 1 rings (SSSR count). The van der Waals surface area contributed by atoms with Crippen molar-refractivity contribution in [3.05, 3.63) is 29.6 Å². The molecule has 0 unspecified atom stereocenters. The highest BCUT2D eigenvalue weighted by molar-refractivity contribution is 5.50. The SMILES string of the molecule is CC(C)OCCNc1ccc(F)cc1CO. The fourth-order valence-corrected chi connectivity index (χ4v) is 1.35. The second-order valence-corrected chi connectivity index (χ2v) is 3.81. The predicted molar refractivity (Wildman–Crippen MR) is 61.9 cm³/mol. The van der Waals surface area contributed by atoms with Crippen molar-refractivity contribution < 1.29 is 14.2 Å². The predicted octanol–water partition coefficient (Wildman–Crippen LogP) is 2.15. The van der Waals surface area contributed by atoms with Crippen molar-refractivity contribution in [1.29, 1.82) is 0 Å². The molecule has 0 bridgehead atoms. The molecule has 0 heterocycles. The number of aliphatic hydroxyl groups is 1. The highest BCUT2D eigenvalue weighted by atomic mass is 19.1. The lowest BCUT2D eigenvalue weighted by Gasteiger charge is -2.12. The molecule has 0 aromatic heterocycles. The van der Waals surface area contributed by atoms with Gasteiger partial charge in [-0.1, -0.05) is 0 Å². The van der Waals surface area contributed by atoms with E-state index < -0.39 is 0 Å². The Bertz CT molecular complexity index is 329. The summed E-state index contributed by atoms with van der Waals surface area (Å²) >= 11 is 0. The van der Waals surface area contributed by atoms with E-state index in [0.29, 0.717) is 18.7 Å². The molecule has 0 saturated heterocycles. The molecular formula is C12H18FNO2. The number of halogens is 1. The number of benzene rings is 1. The van der Waals surface area contributed by atoms with Crippen LogP contribution in [0.1, 0.15) is 19.4 Å². The van der Waals surface area contributed by atoms with Crippen LogP contribution < -0.4 is 5.32 Å². The van der Waals surface area contributed by atoms with Crippen molar-refractivity contribution in [2.45, 2.75) is 26.6 Å². The Morgan fingerprint density at radius 3 is 2.81 bits per heavy atom. The third-order valence-electron chi connectivity index (χ3n) is 2.11. The molecule has 3 nitrogen and oxygen atoms in total. The Kier molecular flexibility index (Phi) is 5.22. The Morgan fingerprint density at radius 1 is 1.44 bits per heavy atom. The van der Waals surface area contributed by atoms with Crippen LogP contribution in [0.5, 0.6) is 0 Å². The molecule has 0 amide bonds. The van der Waals surface area contributed by atoms with Gasteiger partial charge in [0.15, 0.2) is 0 Å². The number of aliphatic hydroxyl groups excluding tert-OH is 1. The van der Waals surface area contributed by atoms with Crippen LogP contribution in [-0.4, -0.2) is 24.4 Å². The van der Waals surface area contributed by atoms with Crippen molar-refractivity contribution >= 4 is 5.69 Å². The molecule has 1 aromatic rings. The normalized spacial score (nSPS) is 10.8. The molecule has 0 aliphatic carbocycles. The van der Waals surface area contributed by atoms with Gasteiger partial charge in [-0.05, 0) is 32.0 Å². The highest BCUT2D eigenvalue weighted by Crippen LogP contribution is 2.16. The van der Waals surface area contributed by atoms with E-state index in [0.717, 1.165) is 5.69 Å². The van der Waals surface area contributed by atoms with Crippen LogP contribution in [0.2, 0.25) is 0 Å². The summed E-state index contributed by atoms with van der Waals surface area (Å²) in [4.78, 5) is 0. The Balaban J connectivity index is 2.47. The number of ether oxygens (including phenoxy) is 1. The lowest BCUT2D eigenvalue weighted by molar-refractivity contribution is 0.0870. The standard InChI is InChI=1S/C12H18FNO2/c1-9(2)16-6-5-14-12-4-3-11(13)7-10(12)8-15/h3-4,7,9,14-15H,5-6,8H2,1-2H3. The first-order chi connectivity index (χ1) is 7.63. The number of rotatable bonds is 6. The number of hydrogen-bond donors (Lipinski definition) is 2. The first-order valence-electron chi connectivity index (χ1n) is 5.38. The summed E-state index contributed by atoms with van der Waals surface area (Å²) in [5.74, 6) is -0.340. The fraction of sp³-hybridized carbons (Fsp3) is 0.500. The van der Waals surface area contributed by atoms with E-state index in [2.05, 4.69) is 5.32 Å². The lowest BCUT2D eigenvalue weighted by atomic mass is 10.2. The number of anilines is 1. The zero-order chi connectivity index (χ0) is 12.0. The maximum Gasteiger partial charge on any atom is 0.123 e. The minimum atomic E-state index is -0.340. The average Bonchev–Trinajstić information content (AvgIpc) is 2.25. The molecule has 0 aliphatic heterocycles. The van der Waals surface area contributed by atoms with Gasteiger partial charge in [0.05, 0.1) is 19.3 Å². The monoisotopic (exact) mass is 227 g/mol. The van der Waals surface area contributed by atoms with Gasteiger partial charge >= 0.3 is 0 Å². The summed E-state index contributed by atoms with van der Waals surface area (Å²) in [5, 5.41) is 12.1. The van der Waals surface area contributed by atoms with Crippen molar-refractivity contribution in [1.82, 2.24) is 0 Å². The zero-order valence-corrected chi connectivity index (χ0v) is 9.66. The smallest absolute Gasteiger partial charge is 0.123 e. The van der Waals surface area contributed by atoms with Crippen LogP contribution in [0.4, 0.5) is 10.1 Å². The zero-order valence-electron chi connectivity index (χ0n) is 9.66. The summed E-state index contributed by atoms with van der Waals surface area (Å²) < 4.78 is 18.2. The van der Waals surface area contributed by atoms with Crippen LogP contribution in [0.3, 0.4) is 0 Å². The molecule has 90 valence electrons. The van der Waals surface area contributed by atoms with Crippen molar-refractivity contribution in [3.63, 3.8) is 0 Å². The van der Waals surface area contributed by atoms with E-state index >= 15 is 0 Å². The van der Waals surface area contributed by atoms with Crippen molar-refractivity contribution in [2.24, 2.45) is 0 Å². The summed E-state index contributed by atoms with van der Waals surface area (Å²) in [6.45, 7) is 4.98. The van der Waals surface area contributed by atoms with Gasteiger partial charge in [0.2, 0.25) is 0 Å². The fourth-order valence-electron chi connectivity index (χ4n) is 1.35. The van der Waals surface area contributed by atoms with E-state index in [1.807, 2.05) is 13.8 Å². The molecule has 1 aromatic carbocycles. The maximum absolute atomic E-state index is 12.9. The van der Waals surface area contributed by atoms with Crippen LogP contribution in [0.25, 0.3) is 0 Å². The van der Waals surface area contributed by atoms with Crippen molar-refractivity contribution in [3.8, 4) is 0 Å². The van der Waals surface area contributed by atoms with E-state index in [-0.39, 0.29) is 18.5 Å². The van der Waals surface area contributed by atoms with Crippen LogP contribution >= 0.6 is 0 Å². The van der Waals surface area contributed by atoms with E-state index in [9.17, 15) is 4.39 Å². The van der Waals surface area contributed by atoms with Gasteiger partial charge in [0.25, 0.3) is 0 Å². The largest absolute Gasteiger partial charge is 0.392 e. The first-order valence-corrected chi connectivity index (χ1v) is 5.38. The van der Waals surface area contributed by atoms with Gasteiger partial charge in [0.1, 0.15) is 5.82 Å². The Morgan fingerprint density at radius 2 is 2.19 bits per heavy atom. The van der Waals surface area contributed by atoms with Gasteiger partial charge in [-0.15, -0.1) is 0 Å². The molecule has 2 N–H and O–H groups in total. The second kappa shape index (κ2) is 6.45. The van der Waals surface area contributed by atoms with E-state index in [1.54, 1.807) is 6.07 Å². The van der Waals surface area contributed by atoms with Gasteiger partial charge in [-0.3, -0.25) is 0 Å². The third kappa shape index (κ3) is 4.16. The molecule has 16 heavy (non-hydrogen) atoms. The Hall–Kier alpha value is -1.13. The van der Waals surface area contributed by atoms with E-state index in [4.69, 9.17) is 9.84 Å². The maximum atomic E-state index is 12.9. The minimum absolute atomic E-state index is 0.175. The van der Waals surface area contributed by atoms with Crippen LogP contribution in [-0.2, 0) is 11.3 Å². The van der Waals surface area contributed by atoms with Gasteiger partial charge in [-0.25, -0.2) is 4.39 Å². The lowest BCUT2D eigenvalue weighted by Crippen LogP contribution is -2.14. The van der Waals surface area contributed by atoms with Gasteiger partial charge < -0.3 is 15.2 Å². The van der Waals surface area contributed by atoms with Gasteiger partial charge in [0, 0.05) is 17.8 Å². The summed E-state index contributed by atoms with van der Waals surface area (Å²) in [6, 6.07) is 4.31. The van der Waals surface area contributed by atoms with Crippen LogP contribution in [0.15, 0.2) is 18.2 Å². The van der Waals surface area contributed by atoms with Crippen molar-refractivity contribution in [2.75, 3.05) is 18.5 Å². The molecule has 0 aliphatic rings. The quantitative estimate of drug-likeness (QED) is 0.732. The summed E-state index contributed by atoms with van der Waals surface area (Å²) in [5.41, 5.74) is 1.31. The molecule has 0 atom stereocenters. The second-order valence-electron chi connectivity index (χ2n) is 3.81. The average molecular weight is 227 g/mol. The number of nitrogens with one attached hydrogen (secondary N) is 1. The Labute approximate surface area is 95.2 Å². The number of hydrogen-bond acceptors (Lipinski definition) is 3. The summed E-state index contributed by atoms with van der Waals surface area (Å²) in [6.07, 6.45) is 0.201. The minimum Gasteiger partial charge on any atom is -0.392 e. The summed E-state index contributed by atoms with van der Waals surface area (Å²) in [7, 11) is 0. The molecule has 0 radical (unpaired) electrons. The topological polar surface area (TPSA) is 41.5 Å². The highest BCUT2D eigenvalue weighted by Gasteiger charge is 2.02. The molecule has 0 spiro atoms. The van der Waals surface area contributed by atoms with E-state index in [1.165, 1.54) is 12.1 Å². The van der Waals surface area contributed by atoms with Crippen LogP contribution in [0, 0.1) is 5.82 Å². The molecule has 0 fully saturated rings. The molecular weight excluding hydrogens is 209 g/mol. The molecule has 0 saturated carbocycles. The third-order valence-corrected chi connectivity index (χ3v) is 2.11. The molecule has 4 heteroatoms. The first kappa shape index (κ1) is 12.9. The van der Waals surface area contributed by atoms with Gasteiger partial charge in [-0.2, -0.15) is 0 Å².